The first-order valence-corrected chi connectivity index (χ1v) is 10.6. The van der Waals surface area contributed by atoms with Crippen molar-refractivity contribution in [3.8, 4) is 11.4 Å². The van der Waals surface area contributed by atoms with Crippen LogP contribution in [0.3, 0.4) is 0 Å². The number of hydrogen-bond donors (Lipinski definition) is 1. The molecule has 3 heterocycles. The molecule has 4 rings (SSSR count). The van der Waals surface area contributed by atoms with Gasteiger partial charge in [0.15, 0.2) is 5.76 Å². The van der Waals surface area contributed by atoms with E-state index in [-0.39, 0.29) is 30.1 Å². The van der Waals surface area contributed by atoms with Crippen molar-refractivity contribution < 1.29 is 22.9 Å². The minimum absolute atomic E-state index is 0.00205. The fourth-order valence-corrected chi connectivity index (χ4v) is 3.71. The summed E-state index contributed by atoms with van der Waals surface area (Å²) in [6, 6.07) is 6.51. The van der Waals surface area contributed by atoms with Crippen molar-refractivity contribution in [2.24, 2.45) is 0 Å². The molecule has 0 spiro atoms. The Hall–Kier alpha value is -3.49. The molecule has 1 aromatic carbocycles. The Kier molecular flexibility index (Phi) is 6.34. The highest BCUT2D eigenvalue weighted by Gasteiger charge is 2.25. The summed E-state index contributed by atoms with van der Waals surface area (Å²) < 4.78 is 24.2. The van der Waals surface area contributed by atoms with Crippen molar-refractivity contribution >= 4 is 11.8 Å². The predicted molar refractivity (Wildman–Crippen MR) is 113 cm³/mol. The molecule has 1 N–H and O–H groups in total. The third-order valence-corrected chi connectivity index (χ3v) is 5.70. The lowest BCUT2D eigenvalue weighted by atomic mass is 10.0. The van der Waals surface area contributed by atoms with Gasteiger partial charge in [-0.3, -0.25) is 9.59 Å². The summed E-state index contributed by atoms with van der Waals surface area (Å²) in [6.07, 6.45) is 3.42. The molecule has 0 atom stereocenters. The van der Waals surface area contributed by atoms with Gasteiger partial charge in [-0.25, -0.2) is 4.39 Å². The van der Waals surface area contributed by atoms with Gasteiger partial charge >= 0.3 is 0 Å². The minimum atomic E-state index is -0.331. The molecule has 0 radical (unpaired) electrons. The highest BCUT2D eigenvalue weighted by Crippen LogP contribution is 2.20. The number of nitrogens with zero attached hydrogens (tertiary/aromatic N) is 3. The Morgan fingerprint density at radius 3 is 2.66 bits per heavy atom. The van der Waals surface area contributed by atoms with Gasteiger partial charge in [-0.2, -0.15) is 4.98 Å². The maximum Gasteiger partial charge on any atom is 0.287 e. The normalized spacial score (nSPS) is 14.5. The van der Waals surface area contributed by atoms with Crippen LogP contribution in [0, 0.1) is 19.7 Å². The van der Waals surface area contributed by atoms with Gasteiger partial charge in [0.1, 0.15) is 5.82 Å². The quantitative estimate of drug-likeness (QED) is 0.630. The summed E-state index contributed by atoms with van der Waals surface area (Å²) >= 11 is 0. The fourth-order valence-electron chi connectivity index (χ4n) is 3.71. The highest BCUT2D eigenvalue weighted by molar-refractivity contribution is 5.93. The van der Waals surface area contributed by atoms with Crippen molar-refractivity contribution in [1.29, 1.82) is 0 Å². The van der Waals surface area contributed by atoms with E-state index >= 15 is 0 Å². The maximum absolute atomic E-state index is 13.8. The minimum Gasteiger partial charge on any atom is -0.459 e. The third-order valence-electron chi connectivity index (χ3n) is 5.70. The van der Waals surface area contributed by atoms with Crippen LogP contribution in [0.1, 0.15) is 46.8 Å². The number of aryl methyl sites for hydroxylation is 3. The second-order valence-electron chi connectivity index (χ2n) is 8.04. The number of halogens is 1. The van der Waals surface area contributed by atoms with Crippen LogP contribution in [0.2, 0.25) is 0 Å². The van der Waals surface area contributed by atoms with Crippen LogP contribution < -0.4 is 5.32 Å². The summed E-state index contributed by atoms with van der Waals surface area (Å²) in [6.45, 7) is 4.64. The number of carbonyl (C=O) groups is 2. The lowest BCUT2D eigenvalue weighted by Crippen LogP contribution is -2.46. The molecule has 9 heteroatoms. The smallest absolute Gasteiger partial charge is 0.287 e. The van der Waals surface area contributed by atoms with Crippen molar-refractivity contribution in [1.82, 2.24) is 20.4 Å². The molecule has 0 saturated carbocycles. The van der Waals surface area contributed by atoms with Gasteiger partial charge in [0.25, 0.3) is 5.91 Å². The molecular formula is C23H25FN4O4. The number of piperidine rings is 1. The van der Waals surface area contributed by atoms with Crippen molar-refractivity contribution in [2.75, 3.05) is 13.1 Å². The van der Waals surface area contributed by atoms with E-state index in [1.54, 1.807) is 30.0 Å². The van der Waals surface area contributed by atoms with E-state index in [4.69, 9.17) is 8.94 Å². The van der Waals surface area contributed by atoms with E-state index < -0.39 is 0 Å². The topological polar surface area (TPSA) is 101 Å². The number of amides is 2. The largest absolute Gasteiger partial charge is 0.459 e. The Labute approximate surface area is 184 Å². The molecule has 2 amide bonds. The highest BCUT2D eigenvalue weighted by atomic mass is 19.1. The monoisotopic (exact) mass is 440 g/mol. The molecule has 1 fully saturated rings. The van der Waals surface area contributed by atoms with Gasteiger partial charge in [0.05, 0.1) is 6.26 Å². The molecule has 0 aliphatic carbocycles. The first-order chi connectivity index (χ1) is 15.4. The van der Waals surface area contributed by atoms with Crippen LogP contribution in [-0.4, -0.2) is 46.0 Å². The van der Waals surface area contributed by atoms with E-state index in [2.05, 4.69) is 15.5 Å². The summed E-state index contributed by atoms with van der Waals surface area (Å²) in [5, 5.41) is 6.86. The molecule has 1 aliphatic heterocycles. The van der Waals surface area contributed by atoms with Crippen molar-refractivity contribution in [3.05, 3.63) is 59.1 Å². The number of aromatic nitrogens is 2. The van der Waals surface area contributed by atoms with Gasteiger partial charge in [0, 0.05) is 43.1 Å². The zero-order valence-electron chi connectivity index (χ0n) is 18.1. The van der Waals surface area contributed by atoms with E-state index in [9.17, 15) is 14.0 Å². The van der Waals surface area contributed by atoms with Gasteiger partial charge in [-0.15, -0.1) is 0 Å². The average molecular weight is 440 g/mol. The van der Waals surface area contributed by atoms with E-state index in [1.807, 2.05) is 6.92 Å². The van der Waals surface area contributed by atoms with Gasteiger partial charge < -0.3 is 19.2 Å². The molecule has 3 aromatic rings. The Bertz CT molecular complexity index is 1110. The molecule has 0 bridgehead atoms. The second kappa shape index (κ2) is 9.33. The molecule has 0 unspecified atom stereocenters. The lowest BCUT2D eigenvalue weighted by Gasteiger charge is -2.32. The Morgan fingerprint density at radius 1 is 1.19 bits per heavy atom. The van der Waals surface area contributed by atoms with Gasteiger partial charge in [0.2, 0.25) is 17.6 Å². The first kappa shape index (κ1) is 21.7. The lowest BCUT2D eigenvalue weighted by molar-refractivity contribution is -0.132. The SMILES string of the molecule is Cc1ccc(-c2noc(CCC(=O)N3CCC(NC(=O)c4occc4C)CC3)n2)cc1F. The summed E-state index contributed by atoms with van der Waals surface area (Å²) in [5.74, 6) is 0.412. The first-order valence-electron chi connectivity index (χ1n) is 10.6. The number of rotatable bonds is 6. The number of nitrogens with one attached hydrogen (secondary N) is 1. The predicted octanol–water partition coefficient (Wildman–Crippen LogP) is 3.44. The molecular weight excluding hydrogens is 415 g/mol. The zero-order chi connectivity index (χ0) is 22.7. The summed E-state index contributed by atoms with van der Waals surface area (Å²) in [4.78, 5) is 30.9. The van der Waals surface area contributed by atoms with Crippen LogP contribution in [0.4, 0.5) is 4.39 Å². The van der Waals surface area contributed by atoms with E-state index in [0.717, 1.165) is 5.56 Å². The van der Waals surface area contributed by atoms with Crippen LogP contribution >= 0.6 is 0 Å². The van der Waals surface area contributed by atoms with Crippen LogP contribution in [-0.2, 0) is 11.2 Å². The fraction of sp³-hybridized carbons (Fsp3) is 0.391. The van der Waals surface area contributed by atoms with Crippen LogP contribution in [0.5, 0.6) is 0 Å². The standard InChI is InChI=1S/C23H25FN4O4/c1-14-3-4-16(13-18(14)24)22-26-19(32-27-22)5-6-20(29)28-10-7-17(8-11-28)25-23(30)21-15(2)9-12-31-21/h3-4,9,12-13,17H,5-8,10-11H2,1-2H3,(H,25,30). The molecule has 168 valence electrons. The van der Waals surface area contributed by atoms with E-state index in [0.29, 0.717) is 61.0 Å². The second-order valence-corrected chi connectivity index (χ2v) is 8.04. The molecule has 1 saturated heterocycles. The summed E-state index contributed by atoms with van der Waals surface area (Å²) in [5.41, 5.74) is 1.87. The maximum atomic E-state index is 13.8. The Morgan fingerprint density at radius 2 is 1.97 bits per heavy atom. The van der Waals surface area contributed by atoms with Crippen LogP contribution in [0.15, 0.2) is 39.5 Å². The molecule has 2 aromatic heterocycles. The zero-order valence-corrected chi connectivity index (χ0v) is 18.1. The van der Waals surface area contributed by atoms with Gasteiger partial charge in [-0.05, 0) is 44.4 Å². The number of hydrogen-bond acceptors (Lipinski definition) is 6. The number of likely N-dealkylation sites (tertiary alicyclic amines) is 1. The van der Waals surface area contributed by atoms with Crippen molar-refractivity contribution in [2.45, 2.75) is 45.6 Å². The van der Waals surface area contributed by atoms with E-state index in [1.165, 1.54) is 12.3 Å². The third kappa shape index (κ3) is 4.87. The number of benzene rings is 1. The molecule has 1 aliphatic rings. The summed E-state index contributed by atoms with van der Waals surface area (Å²) in [7, 11) is 0. The van der Waals surface area contributed by atoms with Gasteiger partial charge in [-0.1, -0.05) is 17.3 Å². The molecule has 8 nitrogen and oxygen atoms in total. The number of carbonyl (C=O) groups excluding carboxylic acids is 2. The van der Waals surface area contributed by atoms with Crippen molar-refractivity contribution in [3.63, 3.8) is 0 Å². The molecule has 32 heavy (non-hydrogen) atoms. The van der Waals surface area contributed by atoms with Crippen LogP contribution in [0.25, 0.3) is 11.4 Å². The number of furan rings is 1. The Balaban J connectivity index is 1.24. The average Bonchev–Trinajstić information content (AvgIpc) is 3.43.